The highest BCUT2D eigenvalue weighted by molar-refractivity contribution is 7.89. The molecule has 0 spiro atoms. The van der Waals surface area contributed by atoms with Crippen LogP contribution in [-0.4, -0.2) is 41.1 Å². The Morgan fingerprint density at radius 3 is 2.68 bits per heavy atom. The van der Waals surface area contributed by atoms with Crippen LogP contribution in [0.5, 0.6) is 17.2 Å². The molecule has 3 N–H and O–H groups in total. The lowest BCUT2D eigenvalue weighted by Crippen LogP contribution is -2.32. The molecule has 8 heteroatoms. The monoisotopic (exact) mass is 424 g/mol. The van der Waals surface area contributed by atoms with E-state index in [0.717, 1.165) is 12.1 Å². The van der Waals surface area contributed by atoms with Crippen molar-refractivity contribution in [3.05, 3.63) is 47.9 Å². The molecule has 2 aromatic carbocycles. The molecule has 0 amide bonds. The fraction of sp³-hybridized carbons (Fsp3) is 0.400. The van der Waals surface area contributed by atoms with Gasteiger partial charge in [0.2, 0.25) is 10.0 Å². The Labute approximate surface area is 189 Å². The third-order valence-corrected chi connectivity index (χ3v) is 4.20. The van der Waals surface area contributed by atoms with Crippen LogP contribution in [0.15, 0.2) is 47.3 Å². The number of hydrogen-bond acceptors (Lipinski definition) is 6. The van der Waals surface area contributed by atoms with Crippen molar-refractivity contribution in [1.29, 1.82) is 0 Å². The first-order valence-electron chi connectivity index (χ1n) is 15.6. The summed E-state index contributed by atoms with van der Waals surface area (Å²) < 4.78 is 162. The second-order valence-corrected chi connectivity index (χ2v) is 6.90. The first-order chi connectivity index (χ1) is 19.5. The van der Waals surface area contributed by atoms with E-state index in [9.17, 15) is 8.42 Å². The van der Waals surface area contributed by atoms with Crippen molar-refractivity contribution in [3.8, 4) is 17.2 Å². The van der Waals surface area contributed by atoms with Crippen LogP contribution < -0.4 is 24.7 Å². The molecule has 0 unspecified atom stereocenters. The van der Waals surface area contributed by atoms with Crippen molar-refractivity contribution in [2.75, 3.05) is 26.7 Å². The number of nitrogens with one attached hydrogen (secondary N) is 1. The molecule has 1 atom stereocenters. The zero-order valence-electron chi connectivity index (χ0n) is 30.5. The number of ether oxygens (including phenoxy) is 3. The number of rotatable bonds is 11. The summed E-state index contributed by atoms with van der Waals surface area (Å²) in [6.45, 7) is -12.4. The van der Waals surface area contributed by atoms with Crippen LogP contribution in [0.25, 0.3) is 0 Å². The Kier molecular flexibility index (Phi) is 3.17. The van der Waals surface area contributed by atoms with Gasteiger partial charge in [0.15, 0.2) is 11.5 Å². The summed E-state index contributed by atoms with van der Waals surface area (Å²) >= 11 is 0. The molecular formula is C20H28N2O5S. The van der Waals surface area contributed by atoms with Gasteiger partial charge in [0.05, 0.1) is 28.7 Å². The van der Waals surface area contributed by atoms with Gasteiger partial charge in [-0.1, -0.05) is 18.2 Å². The van der Waals surface area contributed by atoms with E-state index in [1.54, 1.807) is 0 Å². The lowest BCUT2D eigenvalue weighted by Gasteiger charge is -2.16. The summed E-state index contributed by atoms with van der Waals surface area (Å²) in [4.78, 5) is -0.678. The van der Waals surface area contributed by atoms with Crippen molar-refractivity contribution in [1.82, 2.24) is 5.32 Å². The molecule has 0 radical (unpaired) electrons. The summed E-state index contributed by atoms with van der Waals surface area (Å²) in [6, 6.07) is -2.00. The third kappa shape index (κ3) is 6.40. The normalized spacial score (nSPS) is 23.2. The van der Waals surface area contributed by atoms with Crippen LogP contribution in [0.2, 0.25) is 0 Å². The van der Waals surface area contributed by atoms with Gasteiger partial charge in [-0.2, -0.15) is 0 Å². The molecule has 2 rings (SSSR count). The minimum atomic E-state index is -4.48. The SMILES string of the molecule is [2H]c1c([2H])c([2H])c(OC([2H])([2H])C([2H])([2H])N[C@H](C)Cc2ccc(OC([2H])([2H])[2H])c(S(N)(=O)=O)c2)c(OC([2H])([2H])C([2H])([2H])[2H])c1[2H]. The van der Waals surface area contributed by atoms with Crippen molar-refractivity contribution in [2.24, 2.45) is 5.14 Å². The molecular weight excluding hydrogens is 380 g/mol. The van der Waals surface area contributed by atoms with Crippen LogP contribution in [0.1, 0.15) is 41.3 Å². The van der Waals surface area contributed by atoms with E-state index in [1.165, 1.54) is 13.0 Å². The molecule has 0 saturated heterocycles. The first-order valence-corrected chi connectivity index (χ1v) is 9.16. The number of para-hydroxylation sites is 2. The lowest BCUT2D eigenvalue weighted by atomic mass is 10.1. The summed E-state index contributed by atoms with van der Waals surface area (Å²) in [6.07, 6.45) is -0.204. The van der Waals surface area contributed by atoms with E-state index in [2.05, 4.69) is 10.1 Å². The average Bonchev–Trinajstić information content (AvgIpc) is 2.81. The Bertz CT molecular complexity index is 1490. The lowest BCUT2D eigenvalue weighted by molar-refractivity contribution is 0.272. The van der Waals surface area contributed by atoms with Crippen LogP contribution in [0.3, 0.4) is 0 Å². The molecule has 154 valence electrons. The molecule has 0 saturated carbocycles. The Balaban J connectivity index is 2.43. The predicted molar refractivity (Wildman–Crippen MR) is 109 cm³/mol. The Morgan fingerprint density at radius 2 is 2.00 bits per heavy atom. The van der Waals surface area contributed by atoms with Crippen LogP contribution in [0, 0.1) is 0 Å². The Hall–Kier alpha value is -2.29. The van der Waals surface area contributed by atoms with E-state index < -0.39 is 95.9 Å². The van der Waals surface area contributed by atoms with E-state index in [-0.39, 0.29) is 12.0 Å². The van der Waals surface area contributed by atoms with E-state index >= 15 is 0 Å². The Morgan fingerprint density at radius 1 is 1.25 bits per heavy atom. The fourth-order valence-electron chi connectivity index (χ4n) is 2.10. The smallest absolute Gasteiger partial charge is 0.241 e. The highest BCUT2D eigenvalue weighted by atomic mass is 32.2. The van der Waals surface area contributed by atoms with Gasteiger partial charge in [0, 0.05) is 19.4 Å². The number of sulfonamides is 1. The molecule has 7 nitrogen and oxygen atoms in total. The van der Waals surface area contributed by atoms with Gasteiger partial charge in [-0.25, -0.2) is 13.6 Å². The topological polar surface area (TPSA) is 99.9 Å². The summed E-state index contributed by atoms with van der Waals surface area (Å²) in [7, 11) is -7.48. The van der Waals surface area contributed by atoms with Gasteiger partial charge < -0.3 is 19.5 Å². The quantitative estimate of drug-likeness (QED) is 0.574. The van der Waals surface area contributed by atoms with Crippen LogP contribution >= 0.6 is 0 Å². The van der Waals surface area contributed by atoms with Gasteiger partial charge in [-0.15, -0.1) is 0 Å². The van der Waals surface area contributed by atoms with E-state index in [0.29, 0.717) is 0 Å². The zero-order valence-corrected chi connectivity index (χ0v) is 15.4. The van der Waals surface area contributed by atoms with Gasteiger partial charge in [0.1, 0.15) is 17.2 Å². The van der Waals surface area contributed by atoms with E-state index in [1.807, 2.05) is 0 Å². The minimum Gasteiger partial charge on any atom is -0.495 e. The highest BCUT2D eigenvalue weighted by Gasteiger charge is 2.16. The van der Waals surface area contributed by atoms with E-state index in [4.69, 9.17) is 36.5 Å². The zero-order chi connectivity index (χ0) is 34.4. The van der Waals surface area contributed by atoms with Crippen molar-refractivity contribution >= 4 is 10.0 Å². The molecule has 2 aromatic rings. The largest absolute Gasteiger partial charge is 0.495 e. The second kappa shape index (κ2) is 10.3. The number of nitrogens with two attached hydrogens (primary N) is 1. The number of methoxy groups -OCH3 is 1. The fourth-order valence-corrected chi connectivity index (χ4v) is 2.81. The maximum absolute atomic E-state index is 12.0. The van der Waals surface area contributed by atoms with Gasteiger partial charge >= 0.3 is 0 Å². The standard InChI is InChI=1S/C20H28N2O5S/c1-4-26-17-7-5-6-8-18(17)27-12-11-22-15(2)13-16-9-10-19(25-3)20(14-16)28(21,23)24/h5-10,14-15,22H,4,11-13H2,1-3H3,(H2,21,23,24)/t15-/m1/s1/i1D3,3D3,4D2,5D,6D,7D,8D,11D2,12D2. The molecule has 0 aliphatic carbocycles. The second-order valence-electron chi connectivity index (χ2n) is 5.37. The number of primary sulfonamides is 1. The molecule has 0 fully saturated rings. The third-order valence-electron chi connectivity index (χ3n) is 3.26. The average molecular weight is 425 g/mol. The van der Waals surface area contributed by atoms with Crippen LogP contribution in [-0.2, 0) is 16.4 Å². The van der Waals surface area contributed by atoms with Crippen molar-refractivity contribution < 1.29 is 44.6 Å². The molecule has 0 aromatic heterocycles. The maximum Gasteiger partial charge on any atom is 0.241 e. The molecule has 28 heavy (non-hydrogen) atoms. The van der Waals surface area contributed by atoms with Crippen LogP contribution in [0.4, 0.5) is 0 Å². The maximum atomic E-state index is 12.0. The summed E-state index contributed by atoms with van der Waals surface area (Å²) in [5, 5.41) is 7.44. The highest BCUT2D eigenvalue weighted by Crippen LogP contribution is 2.26. The molecule has 0 bridgehead atoms. The van der Waals surface area contributed by atoms with Gasteiger partial charge in [0.25, 0.3) is 0 Å². The minimum absolute atomic E-state index is 0.170. The van der Waals surface area contributed by atoms with Crippen molar-refractivity contribution in [3.63, 3.8) is 0 Å². The first kappa shape index (κ1) is 8.61. The molecule has 0 aliphatic rings. The molecule has 0 heterocycles. The summed E-state index contributed by atoms with van der Waals surface area (Å²) in [5.41, 5.74) is 0.170. The molecule has 0 aliphatic heterocycles. The number of hydrogen-bond donors (Lipinski definition) is 2. The van der Waals surface area contributed by atoms with Gasteiger partial charge in [-0.05, 0) is 50.0 Å². The van der Waals surface area contributed by atoms with Crippen molar-refractivity contribution in [2.45, 2.75) is 31.1 Å². The van der Waals surface area contributed by atoms with Gasteiger partial charge in [-0.3, -0.25) is 0 Å². The summed E-state index contributed by atoms with van der Waals surface area (Å²) in [5.74, 6) is -3.00. The number of benzene rings is 2. The predicted octanol–water partition coefficient (Wildman–Crippen LogP) is 2.34.